The van der Waals surface area contributed by atoms with Gasteiger partial charge in [0.25, 0.3) is 0 Å². The van der Waals surface area contributed by atoms with Crippen LogP contribution in [0.1, 0.15) is 29.9 Å². The maximum Gasteiger partial charge on any atom is 0.138 e. The fourth-order valence-electron chi connectivity index (χ4n) is 1.99. The Kier molecular flexibility index (Phi) is 5.04. The maximum absolute atomic E-state index is 9.78. The van der Waals surface area contributed by atoms with E-state index in [1.54, 1.807) is 17.8 Å². The van der Waals surface area contributed by atoms with Crippen molar-refractivity contribution in [2.24, 2.45) is 0 Å². The van der Waals surface area contributed by atoms with Crippen LogP contribution in [0, 0.1) is 6.92 Å². The summed E-state index contributed by atoms with van der Waals surface area (Å²) in [6.07, 6.45) is 2.07. The molecule has 0 amide bonds. The smallest absolute Gasteiger partial charge is 0.138 e. The van der Waals surface area contributed by atoms with Crippen molar-refractivity contribution in [3.8, 4) is 5.75 Å². The Hall–Kier alpha value is -1.52. The van der Waals surface area contributed by atoms with Crippen LogP contribution in [-0.2, 0) is 6.54 Å². The first kappa shape index (κ1) is 14.9. The number of rotatable bonds is 5. The van der Waals surface area contributed by atoms with Gasteiger partial charge >= 0.3 is 0 Å². The first-order valence-corrected chi connectivity index (χ1v) is 7.85. The molecule has 0 aliphatic carbocycles. The fourth-order valence-corrected chi connectivity index (χ4v) is 2.40. The lowest BCUT2D eigenvalue weighted by atomic mass is 10.1. The number of aromatic nitrogens is 1. The number of thioether (sulfide) groups is 1. The van der Waals surface area contributed by atoms with E-state index in [1.165, 1.54) is 10.5 Å². The number of hydrogen-bond acceptors (Lipinski definition) is 4. The molecule has 0 saturated heterocycles. The van der Waals surface area contributed by atoms with Crippen molar-refractivity contribution < 1.29 is 5.11 Å². The minimum Gasteiger partial charge on any atom is -0.506 e. The number of aryl methyl sites for hydroxylation is 1. The molecule has 1 unspecified atom stereocenters. The van der Waals surface area contributed by atoms with E-state index in [0.29, 0.717) is 12.2 Å². The van der Waals surface area contributed by atoms with E-state index in [0.717, 1.165) is 5.69 Å². The van der Waals surface area contributed by atoms with Crippen LogP contribution in [0.5, 0.6) is 5.75 Å². The average Bonchev–Trinajstić information content (AvgIpc) is 2.48. The van der Waals surface area contributed by atoms with E-state index >= 15 is 0 Å². The molecule has 0 bridgehead atoms. The molecule has 1 atom stereocenters. The highest BCUT2D eigenvalue weighted by atomic mass is 32.2. The molecule has 4 heteroatoms. The lowest BCUT2D eigenvalue weighted by Gasteiger charge is -2.15. The molecule has 2 N–H and O–H groups in total. The molecular weight excluding hydrogens is 268 g/mol. The van der Waals surface area contributed by atoms with Crippen molar-refractivity contribution in [1.82, 2.24) is 10.3 Å². The van der Waals surface area contributed by atoms with Gasteiger partial charge in [0.2, 0.25) is 0 Å². The van der Waals surface area contributed by atoms with Gasteiger partial charge in [-0.1, -0.05) is 12.1 Å². The number of nitrogens with zero attached hydrogens (tertiary/aromatic N) is 1. The van der Waals surface area contributed by atoms with Gasteiger partial charge < -0.3 is 10.4 Å². The minimum absolute atomic E-state index is 0.215. The van der Waals surface area contributed by atoms with Crippen molar-refractivity contribution in [3.63, 3.8) is 0 Å². The van der Waals surface area contributed by atoms with Crippen molar-refractivity contribution in [3.05, 3.63) is 53.3 Å². The minimum atomic E-state index is 0.215. The highest BCUT2D eigenvalue weighted by molar-refractivity contribution is 7.98. The van der Waals surface area contributed by atoms with E-state index in [9.17, 15) is 5.11 Å². The molecule has 106 valence electrons. The van der Waals surface area contributed by atoms with Gasteiger partial charge in [0.15, 0.2) is 0 Å². The highest BCUT2D eigenvalue weighted by Crippen LogP contribution is 2.20. The zero-order valence-corrected chi connectivity index (χ0v) is 12.9. The average molecular weight is 288 g/mol. The molecule has 1 heterocycles. The number of aromatic hydroxyl groups is 1. The summed E-state index contributed by atoms with van der Waals surface area (Å²) >= 11 is 1.74. The summed E-state index contributed by atoms with van der Waals surface area (Å²) in [5, 5.41) is 13.2. The third-order valence-electron chi connectivity index (χ3n) is 3.28. The van der Waals surface area contributed by atoms with Gasteiger partial charge in [-0.15, -0.1) is 11.8 Å². The van der Waals surface area contributed by atoms with Gasteiger partial charge in [-0.3, -0.25) is 4.98 Å². The number of benzene rings is 1. The van der Waals surface area contributed by atoms with Gasteiger partial charge in [-0.25, -0.2) is 0 Å². The van der Waals surface area contributed by atoms with Crippen molar-refractivity contribution in [2.75, 3.05) is 6.26 Å². The molecule has 1 aromatic carbocycles. The Morgan fingerprint density at radius 2 is 1.90 bits per heavy atom. The van der Waals surface area contributed by atoms with Crippen LogP contribution in [0.3, 0.4) is 0 Å². The third kappa shape index (κ3) is 3.74. The summed E-state index contributed by atoms with van der Waals surface area (Å²) in [6, 6.07) is 12.2. The molecular formula is C16H20N2OS. The molecule has 0 radical (unpaired) electrons. The first-order valence-electron chi connectivity index (χ1n) is 6.63. The molecule has 3 nitrogen and oxygen atoms in total. The summed E-state index contributed by atoms with van der Waals surface area (Å²) in [6.45, 7) is 4.59. The van der Waals surface area contributed by atoms with Gasteiger partial charge in [0.05, 0.1) is 5.69 Å². The van der Waals surface area contributed by atoms with Crippen molar-refractivity contribution >= 4 is 11.8 Å². The number of pyridine rings is 1. The molecule has 0 aliphatic rings. The van der Waals surface area contributed by atoms with Crippen molar-refractivity contribution in [1.29, 1.82) is 0 Å². The molecule has 0 aliphatic heterocycles. The molecule has 1 aromatic heterocycles. The van der Waals surface area contributed by atoms with Crippen LogP contribution in [0.15, 0.2) is 41.3 Å². The largest absolute Gasteiger partial charge is 0.506 e. The van der Waals surface area contributed by atoms with Crippen LogP contribution in [0.4, 0.5) is 0 Å². The Balaban J connectivity index is 2.00. The van der Waals surface area contributed by atoms with Gasteiger partial charge in [0, 0.05) is 23.2 Å². The second kappa shape index (κ2) is 6.77. The Morgan fingerprint density at radius 1 is 1.20 bits per heavy atom. The summed E-state index contributed by atoms with van der Waals surface area (Å²) in [7, 11) is 0. The predicted octanol–water partition coefficient (Wildman–Crippen LogP) is 3.67. The lowest BCUT2D eigenvalue weighted by molar-refractivity contribution is 0.454. The predicted molar refractivity (Wildman–Crippen MR) is 84.1 cm³/mol. The number of hydrogen-bond donors (Lipinski definition) is 2. The Labute approximate surface area is 124 Å². The third-order valence-corrected chi connectivity index (χ3v) is 4.02. The monoisotopic (exact) mass is 288 g/mol. The lowest BCUT2D eigenvalue weighted by Crippen LogP contribution is -2.19. The summed E-state index contributed by atoms with van der Waals surface area (Å²) < 4.78 is 0. The topological polar surface area (TPSA) is 45.2 Å². The zero-order chi connectivity index (χ0) is 14.5. The molecule has 0 fully saturated rings. The Morgan fingerprint density at radius 3 is 2.55 bits per heavy atom. The first-order chi connectivity index (χ1) is 9.60. The highest BCUT2D eigenvalue weighted by Gasteiger charge is 2.08. The normalized spacial score (nSPS) is 12.3. The van der Waals surface area contributed by atoms with Crippen LogP contribution in [-0.4, -0.2) is 16.3 Å². The van der Waals surface area contributed by atoms with E-state index in [4.69, 9.17) is 0 Å². The van der Waals surface area contributed by atoms with Crippen LogP contribution >= 0.6 is 11.8 Å². The molecule has 2 aromatic rings. The van der Waals surface area contributed by atoms with Crippen molar-refractivity contribution in [2.45, 2.75) is 31.3 Å². The van der Waals surface area contributed by atoms with Crippen LogP contribution < -0.4 is 5.32 Å². The second-order valence-corrected chi connectivity index (χ2v) is 5.67. The van der Waals surface area contributed by atoms with E-state index in [2.05, 4.69) is 47.7 Å². The van der Waals surface area contributed by atoms with Crippen LogP contribution in [0.2, 0.25) is 0 Å². The summed E-state index contributed by atoms with van der Waals surface area (Å²) in [5.41, 5.74) is 2.84. The Bertz CT molecular complexity index is 569. The van der Waals surface area contributed by atoms with Gasteiger partial charge in [-0.2, -0.15) is 0 Å². The van der Waals surface area contributed by atoms with E-state index in [1.807, 2.05) is 13.0 Å². The van der Waals surface area contributed by atoms with E-state index in [-0.39, 0.29) is 11.8 Å². The van der Waals surface area contributed by atoms with Gasteiger partial charge in [-0.05, 0) is 49.9 Å². The zero-order valence-electron chi connectivity index (χ0n) is 12.1. The van der Waals surface area contributed by atoms with E-state index < -0.39 is 0 Å². The van der Waals surface area contributed by atoms with Crippen LogP contribution in [0.25, 0.3) is 0 Å². The van der Waals surface area contributed by atoms with Gasteiger partial charge in [0.1, 0.15) is 5.75 Å². The summed E-state index contributed by atoms with van der Waals surface area (Å²) in [4.78, 5) is 5.61. The number of nitrogens with one attached hydrogen (secondary N) is 1. The fraction of sp³-hybridized carbons (Fsp3) is 0.312. The second-order valence-electron chi connectivity index (χ2n) is 4.79. The quantitative estimate of drug-likeness (QED) is 0.824. The molecule has 20 heavy (non-hydrogen) atoms. The SMILES string of the molecule is CSc1ccc(C(C)NCc2nc(C)ccc2O)cc1. The molecule has 0 spiro atoms. The standard InChI is InChI=1S/C16H20N2OS/c1-11-4-9-16(19)15(18-11)10-17-12(2)13-5-7-14(20-3)8-6-13/h4-9,12,17,19H,10H2,1-3H3. The molecule has 2 rings (SSSR count). The molecule has 0 saturated carbocycles. The summed E-state index contributed by atoms with van der Waals surface area (Å²) in [5.74, 6) is 0.244. The maximum atomic E-state index is 9.78.